The number of unbranched alkanes of at least 4 members (excludes halogenated alkanes) is 1. The van der Waals surface area contributed by atoms with Crippen molar-refractivity contribution in [2.45, 2.75) is 39.2 Å². The summed E-state index contributed by atoms with van der Waals surface area (Å²) in [6, 6.07) is 4.63. The Kier molecular flexibility index (Phi) is 7.96. The summed E-state index contributed by atoms with van der Waals surface area (Å²) in [4.78, 5) is 41.5. The molecule has 0 bridgehead atoms. The van der Waals surface area contributed by atoms with Crippen LogP contribution in [0.1, 0.15) is 31.7 Å². The van der Waals surface area contributed by atoms with Gasteiger partial charge in [0.15, 0.2) is 0 Å². The van der Waals surface area contributed by atoms with Crippen LogP contribution >= 0.6 is 11.6 Å². The Balaban J connectivity index is 1.98. The molecule has 0 unspecified atom stereocenters. The number of aliphatic hydroxyl groups is 1. The normalized spacial score (nSPS) is 26.7. The molecule has 3 rings (SSSR count). The van der Waals surface area contributed by atoms with E-state index in [-0.39, 0.29) is 30.2 Å². The van der Waals surface area contributed by atoms with Crippen LogP contribution in [0.2, 0.25) is 5.02 Å². The van der Waals surface area contributed by atoms with E-state index in [1.165, 1.54) is 0 Å². The molecule has 0 saturated carbocycles. The molecular weight excluding hydrogens is 430 g/mol. The zero-order valence-electron chi connectivity index (χ0n) is 18.8. The van der Waals surface area contributed by atoms with Crippen molar-refractivity contribution in [1.29, 1.82) is 0 Å². The van der Waals surface area contributed by atoms with E-state index in [0.717, 1.165) is 12.0 Å². The van der Waals surface area contributed by atoms with Gasteiger partial charge in [0.2, 0.25) is 17.7 Å². The number of likely N-dealkylation sites (tertiary alicyclic amines) is 1. The van der Waals surface area contributed by atoms with Gasteiger partial charge in [0.05, 0.1) is 22.5 Å². The summed E-state index contributed by atoms with van der Waals surface area (Å²) in [6.07, 6.45) is 5.75. The Morgan fingerprint density at radius 1 is 1.19 bits per heavy atom. The molecule has 2 aliphatic rings. The highest BCUT2D eigenvalue weighted by atomic mass is 35.5. The van der Waals surface area contributed by atoms with Crippen molar-refractivity contribution in [2.24, 2.45) is 23.7 Å². The lowest BCUT2D eigenvalue weighted by molar-refractivity contribution is -0.140. The number of hydrogen-bond donors (Lipinski definition) is 3. The summed E-state index contributed by atoms with van der Waals surface area (Å²) in [7, 11) is 1.57. The molecule has 1 saturated heterocycles. The molecule has 0 radical (unpaired) electrons. The number of aliphatic hydroxyl groups excluding tert-OH is 1. The van der Waals surface area contributed by atoms with Crippen molar-refractivity contribution in [1.82, 2.24) is 10.2 Å². The van der Waals surface area contributed by atoms with Crippen molar-refractivity contribution < 1.29 is 19.5 Å². The Labute approximate surface area is 194 Å². The number of allylic oxidation sites excluding steroid dienone is 1. The van der Waals surface area contributed by atoms with Gasteiger partial charge in [-0.15, -0.1) is 0 Å². The number of halogens is 1. The molecule has 3 amide bonds. The number of carbonyl (C=O) groups excluding carboxylic acids is 3. The van der Waals surface area contributed by atoms with Gasteiger partial charge in [-0.3, -0.25) is 14.4 Å². The first-order chi connectivity index (χ1) is 15.3. The van der Waals surface area contributed by atoms with Gasteiger partial charge in [-0.05, 0) is 43.7 Å². The number of carbonyl (C=O) groups is 3. The third-order valence-corrected chi connectivity index (χ3v) is 6.99. The zero-order chi connectivity index (χ0) is 23.4. The first-order valence-corrected chi connectivity index (χ1v) is 11.6. The Bertz CT molecular complexity index is 883. The maximum Gasteiger partial charge on any atom is 0.247 e. The second-order valence-corrected chi connectivity index (χ2v) is 8.94. The van der Waals surface area contributed by atoms with Crippen LogP contribution in [0.25, 0.3) is 0 Å². The third kappa shape index (κ3) is 4.55. The molecule has 7 nitrogen and oxygen atoms in total. The Hall–Kier alpha value is -2.38. The second-order valence-electron chi connectivity index (χ2n) is 8.53. The van der Waals surface area contributed by atoms with Gasteiger partial charge in [0.1, 0.15) is 6.04 Å². The van der Waals surface area contributed by atoms with E-state index in [2.05, 4.69) is 10.6 Å². The number of para-hydroxylation sites is 1. The van der Waals surface area contributed by atoms with E-state index in [9.17, 15) is 19.5 Å². The number of nitrogens with one attached hydrogen (secondary N) is 2. The van der Waals surface area contributed by atoms with E-state index in [4.69, 9.17) is 11.6 Å². The fourth-order valence-electron chi connectivity index (χ4n) is 5.03. The summed E-state index contributed by atoms with van der Waals surface area (Å²) in [5.74, 6) is -2.27. The summed E-state index contributed by atoms with van der Waals surface area (Å²) < 4.78 is 0. The van der Waals surface area contributed by atoms with Gasteiger partial charge in [0, 0.05) is 26.1 Å². The van der Waals surface area contributed by atoms with Crippen LogP contribution in [0, 0.1) is 30.6 Å². The molecule has 8 heteroatoms. The van der Waals surface area contributed by atoms with Gasteiger partial charge in [-0.1, -0.05) is 42.8 Å². The van der Waals surface area contributed by atoms with Crippen molar-refractivity contribution in [3.8, 4) is 0 Å². The van der Waals surface area contributed by atoms with Crippen LogP contribution in [0.4, 0.5) is 5.69 Å². The van der Waals surface area contributed by atoms with E-state index in [1.807, 2.05) is 38.1 Å². The second kappa shape index (κ2) is 10.5. The molecule has 1 heterocycles. The van der Waals surface area contributed by atoms with Gasteiger partial charge >= 0.3 is 0 Å². The number of aryl methyl sites for hydroxylation is 1. The van der Waals surface area contributed by atoms with Crippen molar-refractivity contribution >= 4 is 35.0 Å². The van der Waals surface area contributed by atoms with Crippen LogP contribution in [0.3, 0.4) is 0 Å². The summed E-state index contributed by atoms with van der Waals surface area (Å²) in [5, 5.41) is 15.3. The highest BCUT2D eigenvalue weighted by Crippen LogP contribution is 2.45. The summed E-state index contributed by atoms with van der Waals surface area (Å²) in [6.45, 7) is 4.21. The molecule has 174 valence electrons. The maximum atomic E-state index is 13.6. The highest BCUT2D eigenvalue weighted by Gasteiger charge is 2.56. The lowest BCUT2D eigenvalue weighted by Crippen LogP contribution is -2.45. The van der Waals surface area contributed by atoms with Gasteiger partial charge in [0.25, 0.3) is 0 Å². The van der Waals surface area contributed by atoms with Gasteiger partial charge < -0.3 is 20.6 Å². The fourth-order valence-corrected chi connectivity index (χ4v) is 5.30. The average molecular weight is 462 g/mol. The average Bonchev–Trinajstić information content (AvgIpc) is 3.07. The number of fused-ring (bicyclic) bond motifs is 1. The van der Waals surface area contributed by atoms with Gasteiger partial charge in [-0.25, -0.2) is 0 Å². The van der Waals surface area contributed by atoms with Crippen molar-refractivity contribution in [2.75, 3.05) is 25.5 Å². The smallest absolute Gasteiger partial charge is 0.247 e. The van der Waals surface area contributed by atoms with E-state index in [0.29, 0.717) is 30.1 Å². The molecule has 1 aliphatic heterocycles. The lowest BCUT2D eigenvalue weighted by atomic mass is 9.69. The number of amides is 3. The van der Waals surface area contributed by atoms with Gasteiger partial charge in [-0.2, -0.15) is 0 Å². The number of anilines is 1. The molecule has 1 aromatic rings. The summed E-state index contributed by atoms with van der Waals surface area (Å²) >= 11 is 6.32. The first kappa shape index (κ1) is 24.3. The standard InChI is InChI=1S/C24H32ClN3O4/c1-4-15-10-11-16-19(18(15)22(30)26-3)24(32)28(12-5-6-13-29)21(16)23(31)27-20-14(2)8-7-9-17(20)25/h7-11,15-16,18-19,21,29H,4-6,12-13H2,1-3H3,(H,26,30)(H,27,31)/t15-,16+,18-,19-,21+/m1/s1. The Morgan fingerprint density at radius 3 is 2.56 bits per heavy atom. The van der Waals surface area contributed by atoms with Crippen molar-refractivity contribution in [3.63, 3.8) is 0 Å². The SMILES string of the molecule is CC[C@@H]1C=C[C@H]2[C@@H](C(=O)N(CCCCO)[C@@H]2C(=O)Nc2c(C)cccc2Cl)[C@@H]1C(=O)NC. The van der Waals surface area contributed by atoms with Crippen LogP contribution in [-0.2, 0) is 14.4 Å². The third-order valence-electron chi connectivity index (χ3n) is 6.68. The number of nitrogens with zero attached hydrogens (tertiary/aromatic N) is 1. The minimum atomic E-state index is -0.747. The summed E-state index contributed by atoms with van der Waals surface area (Å²) in [5.41, 5.74) is 1.35. The number of rotatable bonds is 8. The van der Waals surface area contributed by atoms with E-state index < -0.39 is 23.8 Å². The topological polar surface area (TPSA) is 98.7 Å². The van der Waals surface area contributed by atoms with Crippen LogP contribution in [0.5, 0.6) is 0 Å². The molecule has 1 aromatic carbocycles. The predicted molar refractivity (Wildman–Crippen MR) is 124 cm³/mol. The molecule has 1 fully saturated rings. The van der Waals surface area contributed by atoms with Crippen molar-refractivity contribution in [3.05, 3.63) is 40.9 Å². The minimum absolute atomic E-state index is 0.0171. The largest absolute Gasteiger partial charge is 0.396 e. The van der Waals surface area contributed by atoms with E-state index >= 15 is 0 Å². The fraction of sp³-hybridized carbons (Fsp3) is 0.542. The molecule has 32 heavy (non-hydrogen) atoms. The molecule has 3 N–H and O–H groups in total. The van der Waals surface area contributed by atoms with E-state index in [1.54, 1.807) is 18.0 Å². The highest BCUT2D eigenvalue weighted by molar-refractivity contribution is 6.34. The van der Waals surface area contributed by atoms with Crippen LogP contribution in [-0.4, -0.2) is 54.0 Å². The number of benzene rings is 1. The monoisotopic (exact) mass is 461 g/mol. The molecular formula is C24H32ClN3O4. The lowest BCUT2D eigenvalue weighted by Gasteiger charge is -2.33. The first-order valence-electron chi connectivity index (χ1n) is 11.2. The Morgan fingerprint density at radius 2 is 1.94 bits per heavy atom. The van der Waals surface area contributed by atoms with Crippen LogP contribution < -0.4 is 10.6 Å². The molecule has 0 aromatic heterocycles. The quantitative estimate of drug-likeness (QED) is 0.409. The maximum absolute atomic E-state index is 13.6. The molecule has 0 spiro atoms. The van der Waals surface area contributed by atoms with Crippen LogP contribution in [0.15, 0.2) is 30.4 Å². The molecule has 5 atom stereocenters. The predicted octanol–water partition coefficient (Wildman–Crippen LogP) is 2.76. The minimum Gasteiger partial charge on any atom is -0.396 e. The number of hydrogen-bond acceptors (Lipinski definition) is 4. The zero-order valence-corrected chi connectivity index (χ0v) is 19.6. The molecule has 1 aliphatic carbocycles.